The van der Waals surface area contributed by atoms with Gasteiger partial charge in [-0.1, -0.05) is 0 Å². The number of nitrogens with zero attached hydrogens (tertiary/aromatic N) is 2. The Morgan fingerprint density at radius 2 is 1.27 bits per heavy atom. The van der Waals surface area contributed by atoms with Crippen molar-refractivity contribution >= 4 is 23.3 Å². The summed E-state index contributed by atoms with van der Waals surface area (Å²) in [5.74, 6) is -3.43. The number of hydrogen-bond acceptors (Lipinski definition) is 6. The van der Waals surface area contributed by atoms with E-state index in [0.717, 1.165) is 12.1 Å². The first kappa shape index (κ1) is 15.0. The number of carboxylic acid groups (broad SMARTS) is 2. The highest BCUT2D eigenvalue weighted by Gasteiger charge is 2.11. The number of carbonyl (C=O) groups is 2. The molecular weight excluding hydrogens is 292 g/mol. The maximum atomic E-state index is 10.9. The molecule has 0 fully saturated rings. The van der Waals surface area contributed by atoms with Gasteiger partial charge >= 0.3 is 11.9 Å². The third-order valence-corrected chi connectivity index (χ3v) is 2.70. The van der Waals surface area contributed by atoms with E-state index in [9.17, 15) is 19.8 Å². The molecule has 0 radical (unpaired) electrons. The Kier molecular flexibility index (Phi) is 4.03. The van der Waals surface area contributed by atoms with Crippen LogP contribution >= 0.6 is 0 Å². The Bertz CT molecular complexity index is 785. The van der Waals surface area contributed by atoms with E-state index in [1.54, 1.807) is 0 Å². The van der Waals surface area contributed by atoms with Crippen LogP contribution in [0.1, 0.15) is 20.7 Å². The molecule has 8 nitrogen and oxygen atoms in total. The van der Waals surface area contributed by atoms with Gasteiger partial charge in [0, 0.05) is 6.07 Å². The minimum atomic E-state index is -1.31. The van der Waals surface area contributed by atoms with Gasteiger partial charge in [-0.3, -0.25) is 0 Å². The number of carboxylic acids is 2. The fourth-order valence-corrected chi connectivity index (χ4v) is 1.64. The highest BCUT2D eigenvalue weighted by molar-refractivity contribution is 5.92. The molecule has 0 saturated carbocycles. The maximum absolute atomic E-state index is 10.9. The Balaban J connectivity index is 2.29. The molecule has 2 aromatic carbocycles. The molecule has 0 aliphatic carbocycles. The number of phenols is 2. The molecule has 112 valence electrons. The molecule has 22 heavy (non-hydrogen) atoms. The van der Waals surface area contributed by atoms with Crippen LogP contribution in [0.2, 0.25) is 0 Å². The molecule has 0 aromatic heterocycles. The second-order valence-electron chi connectivity index (χ2n) is 4.21. The fourth-order valence-electron chi connectivity index (χ4n) is 1.64. The van der Waals surface area contributed by atoms with Gasteiger partial charge in [0.15, 0.2) is 0 Å². The third kappa shape index (κ3) is 3.18. The third-order valence-electron chi connectivity index (χ3n) is 2.70. The monoisotopic (exact) mass is 302 g/mol. The van der Waals surface area contributed by atoms with Gasteiger partial charge in [0.2, 0.25) is 0 Å². The van der Waals surface area contributed by atoms with Crippen molar-refractivity contribution in [3.63, 3.8) is 0 Å². The second-order valence-corrected chi connectivity index (χ2v) is 4.21. The second kappa shape index (κ2) is 5.92. The predicted octanol–water partition coefficient (Wildman–Crippen LogP) is 2.91. The van der Waals surface area contributed by atoms with Crippen LogP contribution in [-0.2, 0) is 0 Å². The average Bonchev–Trinajstić information content (AvgIpc) is 2.45. The normalized spacial score (nSPS) is 10.7. The number of hydrogen-bond donors (Lipinski definition) is 4. The molecule has 0 atom stereocenters. The highest BCUT2D eigenvalue weighted by atomic mass is 16.4. The van der Waals surface area contributed by atoms with E-state index in [-0.39, 0.29) is 22.5 Å². The van der Waals surface area contributed by atoms with Gasteiger partial charge in [-0.2, -0.15) is 10.2 Å². The molecule has 0 aliphatic heterocycles. The lowest BCUT2D eigenvalue weighted by Crippen LogP contribution is -1.95. The summed E-state index contributed by atoms with van der Waals surface area (Å²) in [6.45, 7) is 0. The lowest BCUT2D eigenvalue weighted by Gasteiger charge is -2.01. The SMILES string of the molecule is O=C(O)c1ccc(N=Nc2ccc(O)c(C(=O)O)c2)cc1O. The standard InChI is InChI=1S/C14H10N2O6/c17-11-4-2-7(5-10(11)14(21)22)15-16-8-1-3-9(13(19)20)12(18)6-8/h1-6,17-18H,(H,19,20)(H,21,22). The van der Waals surface area contributed by atoms with Crippen molar-refractivity contribution in [2.45, 2.75) is 0 Å². The zero-order chi connectivity index (χ0) is 16.3. The number of azo groups is 1. The molecule has 0 saturated heterocycles. The summed E-state index contributed by atoms with van der Waals surface area (Å²) in [7, 11) is 0. The largest absolute Gasteiger partial charge is 0.507 e. The van der Waals surface area contributed by atoms with E-state index >= 15 is 0 Å². The molecule has 2 rings (SSSR count). The van der Waals surface area contributed by atoms with Crippen molar-refractivity contribution in [3.05, 3.63) is 47.5 Å². The van der Waals surface area contributed by atoms with Gasteiger partial charge in [-0.25, -0.2) is 9.59 Å². The molecule has 0 unspecified atom stereocenters. The zero-order valence-corrected chi connectivity index (χ0v) is 11.0. The van der Waals surface area contributed by atoms with Crippen LogP contribution in [0.5, 0.6) is 11.5 Å². The lowest BCUT2D eigenvalue weighted by molar-refractivity contribution is 0.0682. The Morgan fingerprint density at radius 3 is 1.82 bits per heavy atom. The zero-order valence-electron chi connectivity index (χ0n) is 11.0. The van der Waals surface area contributed by atoms with Gasteiger partial charge < -0.3 is 20.4 Å². The molecule has 0 heterocycles. The topological polar surface area (TPSA) is 140 Å². The minimum Gasteiger partial charge on any atom is -0.507 e. The quantitative estimate of drug-likeness (QED) is 0.640. The van der Waals surface area contributed by atoms with E-state index in [1.165, 1.54) is 24.3 Å². The van der Waals surface area contributed by atoms with Crippen LogP contribution in [-0.4, -0.2) is 32.4 Å². The number of benzene rings is 2. The van der Waals surface area contributed by atoms with Gasteiger partial charge in [-0.05, 0) is 30.3 Å². The molecule has 2 aromatic rings. The Labute approximate surface area is 123 Å². The van der Waals surface area contributed by atoms with Gasteiger partial charge in [-0.15, -0.1) is 0 Å². The Hall–Kier alpha value is -3.42. The summed E-state index contributed by atoms with van der Waals surface area (Å²) >= 11 is 0. The van der Waals surface area contributed by atoms with Crippen molar-refractivity contribution in [1.29, 1.82) is 0 Å². The summed E-state index contributed by atoms with van der Waals surface area (Å²) in [6, 6.07) is 7.29. The molecule has 4 N–H and O–H groups in total. The first-order chi connectivity index (χ1) is 10.4. The van der Waals surface area contributed by atoms with Crippen LogP contribution in [0, 0.1) is 0 Å². The molecular formula is C14H10N2O6. The molecule has 0 spiro atoms. The molecule has 8 heteroatoms. The van der Waals surface area contributed by atoms with E-state index in [0.29, 0.717) is 0 Å². The minimum absolute atomic E-state index is 0.178. The van der Waals surface area contributed by atoms with Crippen molar-refractivity contribution in [2.24, 2.45) is 10.2 Å². The van der Waals surface area contributed by atoms with Crippen molar-refractivity contribution in [1.82, 2.24) is 0 Å². The maximum Gasteiger partial charge on any atom is 0.339 e. The van der Waals surface area contributed by atoms with Crippen molar-refractivity contribution in [2.75, 3.05) is 0 Å². The summed E-state index contributed by atoms with van der Waals surface area (Å²) in [5, 5.41) is 44.1. The van der Waals surface area contributed by atoms with Crippen LogP contribution in [0.25, 0.3) is 0 Å². The van der Waals surface area contributed by atoms with Gasteiger partial charge in [0.25, 0.3) is 0 Å². The first-order valence-corrected chi connectivity index (χ1v) is 5.93. The summed E-state index contributed by atoms with van der Waals surface area (Å²) in [5.41, 5.74) is -0.221. The van der Waals surface area contributed by atoms with Crippen LogP contribution in [0.3, 0.4) is 0 Å². The first-order valence-electron chi connectivity index (χ1n) is 5.93. The van der Waals surface area contributed by atoms with Crippen molar-refractivity contribution in [3.8, 4) is 11.5 Å². The van der Waals surface area contributed by atoms with E-state index in [4.69, 9.17) is 10.2 Å². The van der Waals surface area contributed by atoms with Gasteiger partial charge in [0.05, 0.1) is 11.4 Å². The molecule has 0 bridgehead atoms. The van der Waals surface area contributed by atoms with E-state index in [2.05, 4.69) is 10.2 Å². The van der Waals surface area contributed by atoms with Gasteiger partial charge in [0.1, 0.15) is 22.6 Å². The number of aromatic carboxylic acids is 2. The summed E-state index contributed by atoms with van der Waals surface area (Å²) in [4.78, 5) is 21.6. The van der Waals surface area contributed by atoms with Crippen LogP contribution in [0.15, 0.2) is 46.6 Å². The van der Waals surface area contributed by atoms with E-state index in [1.807, 2.05) is 0 Å². The Morgan fingerprint density at radius 1 is 0.727 bits per heavy atom. The van der Waals surface area contributed by atoms with Crippen molar-refractivity contribution < 1.29 is 30.0 Å². The summed E-state index contributed by atoms with van der Waals surface area (Å²) in [6.07, 6.45) is 0. The number of aromatic hydroxyl groups is 2. The van der Waals surface area contributed by atoms with Crippen LogP contribution in [0.4, 0.5) is 11.4 Å². The predicted molar refractivity (Wildman–Crippen MR) is 74.3 cm³/mol. The molecule has 0 amide bonds. The summed E-state index contributed by atoms with van der Waals surface area (Å²) < 4.78 is 0. The fraction of sp³-hybridized carbons (Fsp3) is 0. The van der Waals surface area contributed by atoms with Crippen LogP contribution < -0.4 is 0 Å². The average molecular weight is 302 g/mol. The highest BCUT2D eigenvalue weighted by Crippen LogP contribution is 2.27. The lowest BCUT2D eigenvalue weighted by atomic mass is 10.2. The number of rotatable bonds is 4. The smallest absolute Gasteiger partial charge is 0.339 e. The van der Waals surface area contributed by atoms with E-state index < -0.39 is 23.4 Å². The molecule has 0 aliphatic rings.